The highest BCUT2D eigenvalue weighted by molar-refractivity contribution is 5.66. The molecule has 0 heterocycles. The second kappa shape index (κ2) is 14.9. The van der Waals surface area contributed by atoms with Crippen molar-refractivity contribution in [3.8, 4) is 0 Å². The van der Waals surface area contributed by atoms with Gasteiger partial charge in [-0.05, 0) is 12.3 Å². The number of carbonyl (C=O) groups is 1. The number of carboxylic acids is 1. The van der Waals surface area contributed by atoms with E-state index in [4.69, 9.17) is 5.11 Å². The third-order valence-corrected chi connectivity index (χ3v) is 4.30. The molecule has 0 aromatic heterocycles. The van der Waals surface area contributed by atoms with Gasteiger partial charge in [0, 0.05) is 6.42 Å². The van der Waals surface area contributed by atoms with E-state index in [1.165, 1.54) is 70.6 Å². The van der Waals surface area contributed by atoms with Gasteiger partial charge in [0.25, 0.3) is 0 Å². The number of aliphatic carboxylic acids is 1. The van der Waals surface area contributed by atoms with Crippen LogP contribution in [0.3, 0.4) is 0 Å². The molecule has 0 aromatic rings. The second-order valence-corrected chi connectivity index (χ2v) is 6.18. The number of carboxylic acid groups (broad SMARTS) is 1. The van der Waals surface area contributed by atoms with Crippen LogP contribution >= 0.6 is 0 Å². The predicted molar refractivity (Wildman–Crippen MR) is 87.1 cm³/mol. The van der Waals surface area contributed by atoms with Gasteiger partial charge in [0.1, 0.15) is 0 Å². The van der Waals surface area contributed by atoms with Crippen LogP contribution in [-0.2, 0) is 4.79 Å². The summed E-state index contributed by atoms with van der Waals surface area (Å²) in [6.07, 6.45) is 17.2. The lowest BCUT2D eigenvalue weighted by atomic mass is 9.92. The molecule has 0 aliphatic heterocycles. The lowest BCUT2D eigenvalue weighted by Gasteiger charge is -2.14. The maximum absolute atomic E-state index is 10.4. The molecule has 0 spiro atoms. The Morgan fingerprint density at radius 3 is 1.80 bits per heavy atom. The summed E-state index contributed by atoms with van der Waals surface area (Å²) in [4.78, 5) is 10.4. The fraction of sp³-hybridized carbons (Fsp3) is 0.944. The van der Waals surface area contributed by atoms with Crippen LogP contribution in [0.25, 0.3) is 0 Å². The van der Waals surface area contributed by atoms with E-state index >= 15 is 0 Å². The van der Waals surface area contributed by atoms with Gasteiger partial charge in [-0.15, -0.1) is 0 Å². The molecule has 0 fully saturated rings. The van der Waals surface area contributed by atoms with E-state index < -0.39 is 5.97 Å². The summed E-state index contributed by atoms with van der Waals surface area (Å²) in [7, 11) is 0. The van der Waals surface area contributed by atoms with Gasteiger partial charge >= 0.3 is 5.97 Å². The first-order valence-corrected chi connectivity index (χ1v) is 8.92. The average Bonchev–Trinajstić information content (AvgIpc) is 2.43. The first kappa shape index (κ1) is 19.5. The standard InChI is InChI=1S/C18H36O2/c1-3-5-6-8-11-14-17(4-2)15-12-9-7-10-13-16-18(19)20/h17H,3-16H2,1-2H3,(H,19,20). The molecule has 1 N–H and O–H groups in total. The van der Waals surface area contributed by atoms with Gasteiger partial charge in [-0.3, -0.25) is 4.79 Å². The van der Waals surface area contributed by atoms with Gasteiger partial charge in [0.15, 0.2) is 0 Å². The quantitative estimate of drug-likeness (QED) is 0.364. The SMILES string of the molecule is CCCCCCCC(CC)CCCCCCCC(=O)O. The maximum Gasteiger partial charge on any atom is 0.303 e. The monoisotopic (exact) mass is 284 g/mol. The lowest BCUT2D eigenvalue weighted by molar-refractivity contribution is -0.137. The average molecular weight is 284 g/mol. The number of hydrogen-bond donors (Lipinski definition) is 1. The number of hydrogen-bond acceptors (Lipinski definition) is 1. The molecule has 2 heteroatoms. The zero-order chi connectivity index (χ0) is 15.1. The van der Waals surface area contributed by atoms with Crippen LogP contribution in [0.1, 0.15) is 104 Å². The highest BCUT2D eigenvalue weighted by Gasteiger charge is 2.05. The lowest BCUT2D eigenvalue weighted by Crippen LogP contribution is -1.99. The van der Waals surface area contributed by atoms with Crippen LogP contribution in [0.15, 0.2) is 0 Å². The van der Waals surface area contributed by atoms with Gasteiger partial charge in [0.2, 0.25) is 0 Å². The fourth-order valence-electron chi connectivity index (χ4n) is 2.83. The molecule has 0 saturated carbocycles. The number of rotatable bonds is 15. The van der Waals surface area contributed by atoms with E-state index in [0.717, 1.165) is 18.8 Å². The van der Waals surface area contributed by atoms with Gasteiger partial charge < -0.3 is 5.11 Å². The first-order valence-electron chi connectivity index (χ1n) is 8.92. The minimum Gasteiger partial charge on any atom is -0.481 e. The highest BCUT2D eigenvalue weighted by Crippen LogP contribution is 2.21. The molecule has 2 nitrogen and oxygen atoms in total. The molecule has 0 aliphatic rings. The molecule has 0 saturated heterocycles. The third-order valence-electron chi connectivity index (χ3n) is 4.30. The van der Waals surface area contributed by atoms with Gasteiger partial charge in [-0.1, -0.05) is 90.9 Å². The normalized spacial score (nSPS) is 12.5. The van der Waals surface area contributed by atoms with Gasteiger partial charge in [0.05, 0.1) is 0 Å². The van der Waals surface area contributed by atoms with Crippen molar-refractivity contribution in [2.24, 2.45) is 5.92 Å². The second-order valence-electron chi connectivity index (χ2n) is 6.18. The Morgan fingerprint density at radius 2 is 1.30 bits per heavy atom. The molecular weight excluding hydrogens is 248 g/mol. The van der Waals surface area contributed by atoms with E-state index in [9.17, 15) is 4.79 Å². The Hall–Kier alpha value is -0.530. The van der Waals surface area contributed by atoms with Crippen molar-refractivity contribution in [2.75, 3.05) is 0 Å². The maximum atomic E-state index is 10.4. The molecule has 0 aromatic carbocycles. The van der Waals surface area contributed by atoms with E-state index in [-0.39, 0.29) is 0 Å². The summed E-state index contributed by atoms with van der Waals surface area (Å²) in [5.41, 5.74) is 0. The van der Waals surface area contributed by atoms with Crippen molar-refractivity contribution in [2.45, 2.75) is 104 Å². The molecule has 1 unspecified atom stereocenters. The molecule has 120 valence electrons. The molecular formula is C18H36O2. The first-order chi connectivity index (χ1) is 9.70. The van der Waals surface area contributed by atoms with Crippen molar-refractivity contribution >= 4 is 5.97 Å². The van der Waals surface area contributed by atoms with Crippen LogP contribution in [0, 0.1) is 5.92 Å². The van der Waals surface area contributed by atoms with E-state index in [1.807, 2.05) is 0 Å². The molecule has 0 amide bonds. The zero-order valence-electron chi connectivity index (χ0n) is 13.8. The number of unbranched alkanes of at least 4 members (excludes halogenated alkanes) is 8. The summed E-state index contributed by atoms with van der Waals surface area (Å²) < 4.78 is 0. The van der Waals surface area contributed by atoms with Crippen molar-refractivity contribution < 1.29 is 9.90 Å². The van der Waals surface area contributed by atoms with Crippen molar-refractivity contribution in [3.63, 3.8) is 0 Å². The molecule has 0 bridgehead atoms. The fourth-order valence-corrected chi connectivity index (χ4v) is 2.83. The summed E-state index contributed by atoms with van der Waals surface area (Å²) in [6, 6.07) is 0. The molecule has 0 aliphatic carbocycles. The highest BCUT2D eigenvalue weighted by atomic mass is 16.4. The van der Waals surface area contributed by atoms with E-state index in [1.54, 1.807) is 0 Å². The minimum atomic E-state index is -0.654. The Bertz CT molecular complexity index is 213. The molecule has 20 heavy (non-hydrogen) atoms. The topological polar surface area (TPSA) is 37.3 Å². The molecule has 0 radical (unpaired) electrons. The van der Waals surface area contributed by atoms with Crippen LogP contribution in [0.2, 0.25) is 0 Å². The van der Waals surface area contributed by atoms with Gasteiger partial charge in [-0.25, -0.2) is 0 Å². The van der Waals surface area contributed by atoms with Crippen LogP contribution in [-0.4, -0.2) is 11.1 Å². The third kappa shape index (κ3) is 13.9. The predicted octanol–water partition coefficient (Wildman–Crippen LogP) is 6.19. The van der Waals surface area contributed by atoms with Crippen molar-refractivity contribution in [3.05, 3.63) is 0 Å². The Balaban J connectivity index is 3.34. The van der Waals surface area contributed by atoms with Crippen LogP contribution in [0.5, 0.6) is 0 Å². The summed E-state index contributed by atoms with van der Waals surface area (Å²) in [6.45, 7) is 4.59. The van der Waals surface area contributed by atoms with Crippen molar-refractivity contribution in [1.82, 2.24) is 0 Å². The Labute approximate surface area is 126 Å². The summed E-state index contributed by atoms with van der Waals surface area (Å²) in [5, 5.41) is 8.56. The van der Waals surface area contributed by atoms with E-state index in [2.05, 4.69) is 13.8 Å². The van der Waals surface area contributed by atoms with Crippen molar-refractivity contribution in [1.29, 1.82) is 0 Å². The summed E-state index contributed by atoms with van der Waals surface area (Å²) >= 11 is 0. The van der Waals surface area contributed by atoms with Crippen LogP contribution < -0.4 is 0 Å². The van der Waals surface area contributed by atoms with Gasteiger partial charge in [-0.2, -0.15) is 0 Å². The van der Waals surface area contributed by atoms with E-state index in [0.29, 0.717) is 6.42 Å². The largest absolute Gasteiger partial charge is 0.481 e. The minimum absolute atomic E-state index is 0.343. The summed E-state index contributed by atoms with van der Waals surface area (Å²) in [5.74, 6) is 0.273. The van der Waals surface area contributed by atoms with Crippen LogP contribution in [0.4, 0.5) is 0 Å². The molecule has 1 atom stereocenters. The zero-order valence-corrected chi connectivity index (χ0v) is 13.8. The Morgan fingerprint density at radius 1 is 0.800 bits per heavy atom. The Kier molecular flexibility index (Phi) is 14.5. The molecule has 0 rings (SSSR count). The smallest absolute Gasteiger partial charge is 0.303 e.